The SMILES string of the molecule is C=C(Cl)CSc1nc2ccsc2c(=O)n1C. The summed E-state index contributed by atoms with van der Waals surface area (Å²) in [6, 6.07) is 1.85. The first kappa shape index (κ1) is 11.7. The highest BCUT2D eigenvalue weighted by molar-refractivity contribution is 7.99. The molecule has 0 unspecified atom stereocenters. The lowest BCUT2D eigenvalue weighted by Gasteiger charge is -2.05. The van der Waals surface area contributed by atoms with Gasteiger partial charge in [-0.15, -0.1) is 11.3 Å². The summed E-state index contributed by atoms with van der Waals surface area (Å²) in [7, 11) is 1.72. The van der Waals surface area contributed by atoms with Crippen molar-refractivity contribution in [1.29, 1.82) is 0 Å². The van der Waals surface area contributed by atoms with Crippen molar-refractivity contribution in [2.75, 3.05) is 5.75 Å². The summed E-state index contributed by atoms with van der Waals surface area (Å²) >= 11 is 8.51. The largest absolute Gasteiger partial charge is 0.290 e. The van der Waals surface area contributed by atoms with Crippen LogP contribution in [-0.4, -0.2) is 15.3 Å². The fourth-order valence-electron chi connectivity index (χ4n) is 1.24. The Morgan fingerprint density at radius 1 is 1.75 bits per heavy atom. The van der Waals surface area contributed by atoms with E-state index in [0.717, 1.165) is 5.52 Å². The van der Waals surface area contributed by atoms with Gasteiger partial charge in [0.05, 0.1) is 5.52 Å². The molecule has 2 rings (SSSR count). The number of thiophene rings is 1. The van der Waals surface area contributed by atoms with Gasteiger partial charge >= 0.3 is 0 Å². The molecule has 0 N–H and O–H groups in total. The molecule has 0 aliphatic carbocycles. The molecule has 2 heterocycles. The minimum atomic E-state index is -0.0114. The number of thioether (sulfide) groups is 1. The second-order valence-electron chi connectivity index (χ2n) is 3.20. The van der Waals surface area contributed by atoms with Crippen molar-refractivity contribution < 1.29 is 0 Å². The number of aromatic nitrogens is 2. The molecule has 2 aromatic heterocycles. The molecule has 16 heavy (non-hydrogen) atoms. The van der Waals surface area contributed by atoms with Gasteiger partial charge in [-0.05, 0) is 11.4 Å². The van der Waals surface area contributed by atoms with Crippen molar-refractivity contribution in [2.45, 2.75) is 5.16 Å². The third-order valence-corrected chi connectivity index (χ3v) is 4.30. The highest BCUT2D eigenvalue weighted by Gasteiger charge is 2.09. The molecule has 2 aromatic rings. The van der Waals surface area contributed by atoms with Gasteiger partial charge in [-0.25, -0.2) is 4.98 Å². The van der Waals surface area contributed by atoms with Crippen LogP contribution in [-0.2, 0) is 7.05 Å². The van der Waals surface area contributed by atoms with E-state index in [0.29, 0.717) is 20.6 Å². The highest BCUT2D eigenvalue weighted by Crippen LogP contribution is 2.21. The maximum atomic E-state index is 11.9. The number of hydrogen-bond donors (Lipinski definition) is 0. The Labute approximate surface area is 106 Å². The van der Waals surface area contributed by atoms with Gasteiger partial charge in [0, 0.05) is 17.8 Å². The Kier molecular flexibility index (Phi) is 3.37. The van der Waals surface area contributed by atoms with Crippen LogP contribution in [0, 0.1) is 0 Å². The van der Waals surface area contributed by atoms with Gasteiger partial charge < -0.3 is 0 Å². The highest BCUT2D eigenvalue weighted by atomic mass is 35.5. The van der Waals surface area contributed by atoms with E-state index in [2.05, 4.69) is 11.6 Å². The third kappa shape index (κ3) is 2.16. The summed E-state index contributed by atoms with van der Waals surface area (Å²) in [5.74, 6) is 0.553. The van der Waals surface area contributed by atoms with Gasteiger partial charge in [0.2, 0.25) is 0 Å². The maximum absolute atomic E-state index is 11.9. The molecule has 0 aromatic carbocycles. The Bertz CT molecular complexity index is 602. The van der Waals surface area contributed by atoms with Crippen LogP contribution in [0.15, 0.2) is 33.0 Å². The first-order valence-corrected chi connectivity index (χ1v) is 6.74. The summed E-state index contributed by atoms with van der Waals surface area (Å²) in [5, 5.41) is 3.08. The molecule has 6 heteroatoms. The van der Waals surface area contributed by atoms with Crippen LogP contribution in [0.3, 0.4) is 0 Å². The molecule has 0 aliphatic heterocycles. The molecule has 0 radical (unpaired) electrons. The monoisotopic (exact) mass is 272 g/mol. The first-order valence-electron chi connectivity index (χ1n) is 4.50. The molecular weight excluding hydrogens is 264 g/mol. The molecular formula is C10H9ClN2OS2. The molecule has 0 saturated carbocycles. The lowest BCUT2D eigenvalue weighted by atomic mass is 10.5. The van der Waals surface area contributed by atoms with E-state index in [1.54, 1.807) is 11.6 Å². The zero-order valence-electron chi connectivity index (χ0n) is 8.57. The van der Waals surface area contributed by atoms with Crippen molar-refractivity contribution in [1.82, 2.24) is 9.55 Å². The molecule has 0 bridgehead atoms. The van der Waals surface area contributed by atoms with Crippen LogP contribution in [0.1, 0.15) is 0 Å². The average Bonchev–Trinajstić information content (AvgIpc) is 2.69. The van der Waals surface area contributed by atoms with Gasteiger partial charge in [-0.2, -0.15) is 0 Å². The number of nitrogens with zero attached hydrogens (tertiary/aromatic N) is 2. The van der Waals surface area contributed by atoms with E-state index < -0.39 is 0 Å². The van der Waals surface area contributed by atoms with Crippen molar-refractivity contribution in [3.8, 4) is 0 Å². The quantitative estimate of drug-likeness (QED) is 0.637. The Hall–Kier alpha value is -0.780. The summed E-state index contributed by atoms with van der Waals surface area (Å²) in [4.78, 5) is 16.3. The smallest absolute Gasteiger partial charge is 0.271 e. The predicted octanol–water partition coefficient (Wildman–Crippen LogP) is 2.84. The van der Waals surface area contributed by atoms with Crippen molar-refractivity contribution in [2.24, 2.45) is 7.05 Å². The minimum Gasteiger partial charge on any atom is -0.290 e. The van der Waals surface area contributed by atoms with Crippen LogP contribution in [0.4, 0.5) is 0 Å². The van der Waals surface area contributed by atoms with E-state index in [-0.39, 0.29) is 5.56 Å². The molecule has 3 nitrogen and oxygen atoms in total. The fourth-order valence-corrected chi connectivity index (χ4v) is 2.93. The molecule has 84 valence electrons. The second-order valence-corrected chi connectivity index (χ2v) is 5.59. The van der Waals surface area contributed by atoms with Gasteiger partial charge in [-0.3, -0.25) is 9.36 Å². The maximum Gasteiger partial charge on any atom is 0.271 e. The lowest BCUT2D eigenvalue weighted by Crippen LogP contribution is -2.18. The van der Waals surface area contributed by atoms with Crippen LogP contribution in [0.2, 0.25) is 0 Å². The zero-order chi connectivity index (χ0) is 11.7. The molecule has 0 amide bonds. The summed E-state index contributed by atoms with van der Waals surface area (Å²) in [6.45, 7) is 3.61. The van der Waals surface area contributed by atoms with Crippen LogP contribution < -0.4 is 5.56 Å². The van der Waals surface area contributed by atoms with Gasteiger partial charge in [0.25, 0.3) is 5.56 Å². The predicted molar refractivity (Wildman–Crippen MR) is 70.6 cm³/mol. The van der Waals surface area contributed by atoms with E-state index in [1.165, 1.54) is 23.1 Å². The van der Waals surface area contributed by atoms with Crippen molar-refractivity contribution >= 4 is 44.9 Å². The zero-order valence-corrected chi connectivity index (χ0v) is 11.0. The number of hydrogen-bond acceptors (Lipinski definition) is 4. The Balaban J connectivity index is 2.49. The Morgan fingerprint density at radius 2 is 2.50 bits per heavy atom. The van der Waals surface area contributed by atoms with E-state index in [1.807, 2.05) is 11.4 Å². The third-order valence-electron chi connectivity index (χ3n) is 2.00. The topological polar surface area (TPSA) is 34.9 Å². The van der Waals surface area contributed by atoms with Crippen LogP contribution >= 0.6 is 34.7 Å². The fraction of sp³-hybridized carbons (Fsp3) is 0.200. The van der Waals surface area contributed by atoms with Crippen LogP contribution in [0.25, 0.3) is 10.2 Å². The van der Waals surface area contributed by atoms with Gasteiger partial charge in [0.15, 0.2) is 5.16 Å². The second kappa shape index (κ2) is 4.61. The number of halogens is 1. The average molecular weight is 273 g/mol. The molecule has 0 atom stereocenters. The minimum absolute atomic E-state index is 0.0114. The molecule has 0 saturated heterocycles. The summed E-state index contributed by atoms with van der Waals surface area (Å²) in [6.07, 6.45) is 0. The van der Waals surface area contributed by atoms with E-state index in [4.69, 9.17) is 11.6 Å². The normalized spacial score (nSPS) is 10.9. The number of rotatable bonds is 3. The van der Waals surface area contributed by atoms with Crippen molar-refractivity contribution in [3.05, 3.63) is 33.4 Å². The van der Waals surface area contributed by atoms with Gasteiger partial charge in [0.1, 0.15) is 4.70 Å². The first-order chi connectivity index (χ1) is 7.59. The number of fused-ring (bicyclic) bond motifs is 1. The van der Waals surface area contributed by atoms with Gasteiger partial charge in [-0.1, -0.05) is 29.9 Å². The molecule has 0 spiro atoms. The molecule has 0 aliphatic rings. The summed E-state index contributed by atoms with van der Waals surface area (Å²) < 4.78 is 2.24. The van der Waals surface area contributed by atoms with E-state index in [9.17, 15) is 4.79 Å². The van der Waals surface area contributed by atoms with Crippen LogP contribution in [0.5, 0.6) is 0 Å². The lowest BCUT2D eigenvalue weighted by molar-refractivity contribution is 0.728. The standard InChI is InChI=1S/C10H9ClN2OS2/c1-6(11)5-16-10-12-7-3-4-15-8(7)9(14)13(10)2/h3-4H,1,5H2,2H3. The Morgan fingerprint density at radius 3 is 3.19 bits per heavy atom. The van der Waals surface area contributed by atoms with Crippen molar-refractivity contribution in [3.63, 3.8) is 0 Å². The summed E-state index contributed by atoms with van der Waals surface area (Å²) in [5.41, 5.74) is 0.735. The van der Waals surface area contributed by atoms with E-state index >= 15 is 0 Å². The molecule has 0 fully saturated rings.